The van der Waals surface area contributed by atoms with Crippen molar-refractivity contribution in [2.75, 3.05) is 11.4 Å². The van der Waals surface area contributed by atoms with Crippen LogP contribution in [0.1, 0.15) is 116 Å². The van der Waals surface area contributed by atoms with Crippen molar-refractivity contribution >= 4 is 5.69 Å². The van der Waals surface area contributed by atoms with Crippen LogP contribution in [0.25, 0.3) is 0 Å². The summed E-state index contributed by atoms with van der Waals surface area (Å²) in [6.45, 7) is 19.2. The zero-order valence-electron chi connectivity index (χ0n) is 27.6. The van der Waals surface area contributed by atoms with E-state index in [0.717, 1.165) is 12.1 Å². The van der Waals surface area contributed by atoms with Crippen LogP contribution in [0.3, 0.4) is 0 Å². The summed E-state index contributed by atoms with van der Waals surface area (Å²) in [6.07, 6.45) is 28.8. The molecule has 0 amide bonds. The van der Waals surface area contributed by atoms with Crippen LogP contribution in [-0.2, 0) is 10.8 Å². The molecule has 1 aliphatic heterocycles. The number of allylic oxidation sites excluding steroid dienone is 9. The molecule has 1 heterocycles. The summed E-state index contributed by atoms with van der Waals surface area (Å²) in [7, 11) is 0. The zero-order chi connectivity index (χ0) is 30.4. The summed E-state index contributed by atoms with van der Waals surface area (Å²) in [5.41, 5.74) is 7.86. The van der Waals surface area contributed by atoms with Gasteiger partial charge in [-0.3, -0.25) is 0 Å². The number of aryl methyl sites for hydroxylation is 1. The summed E-state index contributed by atoms with van der Waals surface area (Å²) in [6, 6.07) is 17.6. The molecule has 42 heavy (non-hydrogen) atoms. The van der Waals surface area contributed by atoms with Gasteiger partial charge in [0.15, 0.2) is 0 Å². The normalized spacial score (nSPS) is 16.0. The third-order valence-corrected chi connectivity index (χ3v) is 9.15. The number of nitrogens with zero attached hydrogens (tertiary/aromatic N) is 1. The van der Waals surface area contributed by atoms with Crippen molar-refractivity contribution in [2.45, 2.75) is 117 Å². The number of unbranched alkanes of at least 4 members (excludes halogenated alkanes) is 9. The summed E-state index contributed by atoms with van der Waals surface area (Å²) in [4.78, 5) is 2.58. The van der Waals surface area contributed by atoms with Crippen molar-refractivity contribution in [3.63, 3.8) is 0 Å². The van der Waals surface area contributed by atoms with Crippen molar-refractivity contribution in [3.05, 3.63) is 126 Å². The second-order valence-electron chi connectivity index (χ2n) is 13.1. The molecule has 0 fully saturated rings. The van der Waals surface area contributed by atoms with Gasteiger partial charge in [-0.1, -0.05) is 178 Å². The largest absolute Gasteiger partial charge is 0.344 e. The Morgan fingerprint density at radius 2 is 1.33 bits per heavy atom. The van der Waals surface area contributed by atoms with Gasteiger partial charge in [0.1, 0.15) is 0 Å². The predicted octanol–water partition coefficient (Wildman–Crippen LogP) is 12.1. The molecule has 3 rings (SSSR count). The first-order valence-corrected chi connectivity index (χ1v) is 16.6. The quantitative estimate of drug-likeness (QED) is 0.137. The van der Waals surface area contributed by atoms with E-state index in [0.29, 0.717) is 0 Å². The lowest BCUT2D eigenvalue weighted by molar-refractivity contribution is 0.554. The second-order valence-corrected chi connectivity index (χ2v) is 13.1. The molecule has 226 valence electrons. The molecule has 0 N–H and O–H groups in total. The fraction of sp³-hybridized carbons (Fsp3) is 0.463. The Bertz CT molecular complexity index is 1250. The van der Waals surface area contributed by atoms with Gasteiger partial charge in [-0.25, -0.2) is 0 Å². The molecule has 0 atom stereocenters. The van der Waals surface area contributed by atoms with Gasteiger partial charge in [0.25, 0.3) is 0 Å². The Balaban J connectivity index is 1.57. The lowest BCUT2D eigenvalue weighted by atomic mass is 9.76. The summed E-state index contributed by atoms with van der Waals surface area (Å²) < 4.78 is 0. The van der Waals surface area contributed by atoms with Crippen molar-refractivity contribution in [2.24, 2.45) is 0 Å². The number of anilines is 1. The number of hydrogen-bond donors (Lipinski definition) is 0. The highest BCUT2D eigenvalue weighted by atomic mass is 15.2. The van der Waals surface area contributed by atoms with E-state index in [1.807, 2.05) is 0 Å². The first-order valence-electron chi connectivity index (χ1n) is 16.6. The van der Waals surface area contributed by atoms with E-state index < -0.39 is 0 Å². The molecule has 0 unspecified atom stereocenters. The molecule has 0 aliphatic carbocycles. The third-order valence-electron chi connectivity index (χ3n) is 9.15. The zero-order valence-corrected chi connectivity index (χ0v) is 27.6. The van der Waals surface area contributed by atoms with Crippen LogP contribution in [0.4, 0.5) is 5.69 Å². The Morgan fingerprint density at radius 1 is 0.762 bits per heavy atom. The van der Waals surface area contributed by atoms with Gasteiger partial charge >= 0.3 is 0 Å². The minimum Gasteiger partial charge on any atom is -0.344 e. The van der Waals surface area contributed by atoms with Crippen LogP contribution in [-0.4, -0.2) is 6.54 Å². The lowest BCUT2D eigenvalue weighted by Gasteiger charge is -2.28. The van der Waals surface area contributed by atoms with Crippen molar-refractivity contribution < 1.29 is 0 Å². The average Bonchev–Trinajstić information content (AvgIpc) is 3.19. The average molecular weight is 564 g/mol. The van der Waals surface area contributed by atoms with Crippen LogP contribution in [0.5, 0.6) is 0 Å². The third kappa shape index (κ3) is 8.97. The molecule has 0 spiro atoms. The molecule has 2 aromatic carbocycles. The molecule has 0 radical (unpaired) electrons. The van der Waals surface area contributed by atoms with E-state index in [-0.39, 0.29) is 10.8 Å². The Labute approximate surface area is 258 Å². The first-order chi connectivity index (χ1) is 20.2. The number of para-hydroxylation sites is 1. The number of hydrogen-bond acceptors (Lipinski definition) is 1. The van der Waals surface area contributed by atoms with Crippen LogP contribution in [0, 0.1) is 6.92 Å². The minimum absolute atomic E-state index is 0.00192. The molecule has 1 nitrogen and oxygen atoms in total. The predicted molar refractivity (Wildman–Crippen MR) is 188 cm³/mol. The van der Waals surface area contributed by atoms with E-state index in [1.54, 1.807) is 0 Å². The lowest BCUT2D eigenvalue weighted by Crippen LogP contribution is -2.27. The maximum atomic E-state index is 4.38. The van der Waals surface area contributed by atoms with E-state index in [9.17, 15) is 0 Å². The maximum Gasteiger partial charge on any atom is 0.0450 e. The number of benzene rings is 2. The van der Waals surface area contributed by atoms with Crippen LogP contribution in [0.2, 0.25) is 0 Å². The fourth-order valence-corrected chi connectivity index (χ4v) is 6.31. The van der Waals surface area contributed by atoms with Gasteiger partial charge in [-0.2, -0.15) is 0 Å². The highest BCUT2D eigenvalue weighted by molar-refractivity contribution is 5.70. The molecular formula is C41H57N. The monoisotopic (exact) mass is 563 g/mol. The number of fused-ring (bicyclic) bond motifs is 1. The Hall–Kier alpha value is -3.06. The Kier molecular flexibility index (Phi) is 13.2. The molecule has 0 aromatic heterocycles. The van der Waals surface area contributed by atoms with Crippen LogP contribution < -0.4 is 4.90 Å². The van der Waals surface area contributed by atoms with Crippen molar-refractivity contribution in [3.8, 4) is 0 Å². The smallest absolute Gasteiger partial charge is 0.0450 e. The van der Waals surface area contributed by atoms with Gasteiger partial charge in [0.2, 0.25) is 0 Å². The molecule has 1 heteroatoms. The SMILES string of the molecule is C=C(/C=C/C=C/C=C/C=C1/N(CCCCCCCCCCCC)c2ccccc2C1(C)C)C(C)(C)c1ccccc1C. The van der Waals surface area contributed by atoms with E-state index in [2.05, 4.69) is 144 Å². The topological polar surface area (TPSA) is 3.24 Å². The summed E-state index contributed by atoms with van der Waals surface area (Å²) >= 11 is 0. The standard InChI is InChI=1S/C41H57N/c1-8-9-10-11-12-13-14-15-19-26-33-42-38-31-25-24-30-37(38)41(6,7)39(42)32-21-18-16-17-20-28-35(3)40(4,5)36-29-23-22-27-34(36)2/h16-18,20-25,27-32H,3,8-15,19,26,33H2,1-2,4-7H3/b17-16+,21-18+,28-20+,39-32+. The highest BCUT2D eigenvalue weighted by Gasteiger charge is 2.39. The summed E-state index contributed by atoms with van der Waals surface area (Å²) in [5.74, 6) is 0. The molecule has 1 aliphatic rings. The fourth-order valence-electron chi connectivity index (χ4n) is 6.31. The second kappa shape index (κ2) is 16.5. The van der Waals surface area contributed by atoms with Gasteiger partial charge in [0, 0.05) is 28.8 Å². The Morgan fingerprint density at radius 3 is 2.02 bits per heavy atom. The van der Waals surface area contributed by atoms with Crippen LogP contribution >= 0.6 is 0 Å². The maximum absolute atomic E-state index is 4.38. The molecular weight excluding hydrogens is 506 g/mol. The van der Waals surface area contributed by atoms with E-state index >= 15 is 0 Å². The highest BCUT2D eigenvalue weighted by Crippen LogP contribution is 2.47. The minimum atomic E-state index is -0.100. The van der Waals surface area contributed by atoms with Gasteiger partial charge in [-0.15, -0.1) is 0 Å². The van der Waals surface area contributed by atoms with Crippen molar-refractivity contribution in [1.29, 1.82) is 0 Å². The van der Waals surface area contributed by atoms with E-state index in [4.69, 9.17) is 0 Å². The molecule has 2 aromatic rings. The summed E-state index contributed by atoms with van der Waals surface area (Å²) in [5, 5.41) is 0. The molecule has 0 bridgehead atoms. The van der Waals surface area contributed by atoms with E-state index in [1.165, 1.54) is 92.3 Å². The van der Waals surface area contributed by atoms with Crippen LogP contribution in [0.15, 0.2) is 109 Å². The van der Waals surface area contributed by atoms with Crippen molar-refractivity contribution in [1.82, 2.24) is 0 Å². The van der Waals surface area contributed by atoms with Gasteiger partial charge < -0.3 is 4.90 Å². The molecule has 0 saturated heterocycles. The molecule has 0 saturated carbocycles. The van der Waals surface area contributed by atoms with Gasteiger partial charge in [-0.05, 0) is 47.8 Å². The van der Waals surface area contributed by atoms with Gasteiger partial charge in [0.05, 0.1) is 0 Å². The first kappa shape index (κ1) is 33.4. The number of rotatable bonds is 17.